The van der Waals surface area contributed by atoms with E-state index in [0.29, 0.717) is 12.1 Å². The molecule has 0 saturated carbocycles. The molecule has 0 saturated heterocycles. The van der Waals surface area contributed by atoms with Crippen LogP contribution in [0.2, 0.25) is 0 Å². The molecular formula is C18H17NO4. The molecule has 1 aliphatic heterocycles. The zero-order valence-electron chi connectivity index (χ0n) is 12.7. The van der Waals surface area contributed by atoms with E-state index < -0.39 is 0 Å². The minimum Gasteiger partial charge on any atom is -0.508 e. The number of aromatic hydroxyl groups is 1. The van der Waals surface area contributed by atoms with Crippen molar-refractivity contribution in [2.75, 3.05) is 12.1 Å². The fourth-order valence-corrected chi connectivity index (χ4v) is 2.37. The van der Waals surface area contributed by atoms with Crippen molar-refractivity contribution in [1.82, 2.24) is 0 Å². The summed E-state index contributed by atoms with van der Waals surface area (Å²) in [6, 6.07) is 10.7. The summed E-state index contributed by atoms with van der Waals surface area (Å²) in [7, 11) is 0. The molecule has 2 aromatic carbocycles. The Bertz CT molecular complexity index is 768. The van der Waals surface area contributed by atoms with Gasteiger partial charge in [0.25, 0.3) is 0 Å². The number of benzene rings is 2. The maximum Gasteiger partial charge on any atom is 0.231 e. The number of ether oxygens (including phenoxy) is 2. The van der Waals surface area contributed by atoms with E-state index in [1.165, 1.54) is 6.92 Å². The molecule has 2 N–H and O–H groups in total. The monoisotopic (exact) mass is 311 g/mol. The van der Waals surface area contributed by atoms with Gasteiger partial charge in [-0.05, 0) is 47.9 Å². The lowest BCUT2D eigenvalue weighted by Crippen LogP contribution is -2.05. The number of carbonyl (C=O) groups is 1. The number of hydrogen-bond donors (Lipinski definition) is 2. The van der Waals surface area contributed by atoms with Crippen molar-refractivity contribution in [3.05, 3.63) is 53.6 Å². The van der Waals surface area contributed by atoms with Crippen molar-refractivity contribution in [2.45, 2.75) is 13.3 Å². The Balaban J connectivity index is 1.71. The SMILES string of the molecule is CC(=O)Nc1ccc(O)c(CC=Cc2ccc3c(c2)OCO3)c1. The smallest absolute Gasteiger partial charge is 0.231 e. The van der Waals surface area contributed by atoms with Crippen LogP contribution in [0.15, 0.2) is 42.5 Å². The van der Waals surface area contributed by atoms with Crippen LogP contribution in [-0.4, -0.2) is 17.8 Å². The lowest BCUT2D eigenvalue weighted by Gasteiger charge is -2.06. The van der Waals surface area contributed by atoms with E-state index in [1.807, 2.05) is 30.4 Å². The van der Waals surface area contributed by atoms with Crippen LogP contribution >= 0.6 is 0 Å². The van der Waals surface area contributed by atoms with E-state index in [-0.39, 0.29) is 18.4 Å². The average molecular weight is 311 g/mol. The zero-order valence-corrected chi connectivity index (χ0v) is 12.7. The van der Waals surface area contributed by atoms with E-state index in [9.17, 15) is 9.90 Å². The molecule has 0 bridgehead atoms. The predicted molar refractivity (Wildman–Crippen MR) is 87.7 cm³/mol. The number of phenols is 1. The number of allylic oxidation sites excluding steroid dienone is 1. The van der Waals surface area contributed by atoms with Gasteiger partial charge in [0.1, 0.15) is 5.75 Å². The van der Waals surface area contributed by atoms with E-state index in [4.69, 9.17) is 9.47 Å². The van der Waals surface area contributed by atoms with Gasteiger partial charge in [-0.1, -0.05) is 18.2 Å². The van der Waals surface area contributed by atoms with Crippen LogP contribution in [0.4, 0.5) is 5.69 Å². The lowest BCUT2D eigenvalue weighted by atomic mass is 10.1. The van der Waals surface area contributed by atoms with Crippen LogP contribution in [0.25, 0.3) is 6.08 Å². The second-order valence-corrected chi connectivity index (χ2v) is 5.24. The maximum atomic E-state index is 11.1. The Morgan fingerprint density at radius 2 is 2.04 bits per heavy atom. The van der Waals surface area contributed by atoms with Crippen LogP contribution in [0, 0.1) is 0 Å². The third kappa shape index (κ3) is 3.63. The van der Waals surface area contributed by atoms with Crippen LogP contribution in [0.1, 0.15) is 18.1 Å². The first-order chi connectivity index (χ1) is 11.1. The quantitative estimate of drug-likeness (QED) is 0.850. The van der Waals surface area contributed by atoms with Crippen molar-refractivity contribution in [3.8, 4) is 17.2 Å². The molecule has 1 amide bonds. The van der Waals surface area contributed by atoms with Gasteiger partial charge in [0, 0.05) is 12.6 Å². The molecule has 0 atom stereocenters. The average Bonchev–Trinajstić information content (AvgIpc) is 2.97. The summed E-state index contributed by atoms with van der Waals surface area (Å²) in [5, 5.41) is 12.6. The number of nitrogens with one attached hydrogen (secondary N) is 1. The van der Waals surface area contributed by atoms with E-state index in [2.05, 4.69) is 5.32 Å². The van der Waals surface area contributed by atoms with Gasteiger partial charge in [0.15, 0.2) is 11.5 Å². The highest BCUT2D eigenvalue weighted by Gasteiger charge is 2.12. The fraction of sp³-hybridized carbons (Fsp3) is 0.167. The standard InChI is InChI=1S/C18H17NO4/c1-12(20)19-15-6-7-16(21)14(10-15)4-2-3-13-5-8-17-18(9-13)23-11-22-17/h2-3,5-10,21H,4,11H2,1H3,(H,19,20). The van der Waals surface area contributed by atoms with Crippen molar-refractivity contribution < 1.29 is 19.4 Å². The molecular weight excluding hydrogens is 294 g/mol. The molecule has 5 nitrogen and oxygen atoms in total. The zero-order chi connectivity index (χ0) is 16.2. The molecule has 0 fully saturated rings. The van der Waals surface area contributed by atoms with E-state index >= 15 is 0 Å². The Morgan fingerprint density at radius 3 is 2.87 bits per heavy atom. The molecule has 3 rings (SSSR count). The molecule has 0 unspecified atom stereocenters. The molecule has 0 radical (unpaired) electrons. The van der Waals surface area contributed by atoms with Gasteiger partial charge in [-0.25, -0.2) is 0 Å². The summed E-state index contributed by atoms with van der Waals surface area (Å²) in [4.78, 5) is 11.1. The molecule has 23 heavy (non-hydrogen) atoms. The molecule has 1 heterocycles. The van der Waals surface area contributed by atoms with Crippen molar-refractivity contribution in [2.24, 2.45) is 0 Å². The number of rotatable bonds is 4. The van der Waals surface area contributed by atoms with Crippen molar-refractivity contribution in [3.63, 3.8) is 0 Å². The molecule has 2 aromatic rings. The minimum atomic E-state index is -0.141. The Morgan fingerprint density at radius 1 is 1.22 bits per heavy atom. The van der Waals surface area contributed by atoms with Crippen LogP contribution in [0.3, 0.4) is 0 Å². The number of hydrogen-bond acceptors (Lipinski definition) is 4. The van der Waals surface area contributed by atoms with Gasteiger partial charge >= 0.3 is 0 Å². The second-order valence-electron chi connectivity index (χ2n) is 5.24. The summed E-state index contributed by atoms with van der Waals surface area (Å²) in [6.07, 6.45) is 4.45. The van der Waals surface area contributed by atoms with Gasteiger partial charge in [-0.15, -0.1) is 0 Å². The first-order valence-electron chi connectivity index (χ1n) is 7.27. The summed E-state index contributed by atoms with van der Waals surface area (Å²) in [6.45, 7) is 1.71. The van der Waals surface area contributed by atoms with Crippen LogP contribution in [-0.2, 0) is 11.2 Å². The summed E-state index contributed by atoms with van der Waals surface area (Å²) >= 11 is 0. The van der Waals surface area contributed by atoms with Gasteiger partial charge < -0.3 is 19.9 Å². The number of carbonyl (C=O) groups excluding carboxylic acids is 1. The van der Waals surface area contributed by atoms with Gasteiger partial charge in [0.05, 0.1) is 0 Å². The fourth-order valence-electron chi connectivity index (χ4n) is 2.37. The number of phenolic OH excluding ortho intramolecular Hbond substituents is 1. The number of anilines is 1. The van der Waals surface area contributed by atoms with E-state index in [0.717, 1.165) is 22.6 Å². The normalized spacial score (nSPS) is 12.6. The molecule has 0 spiro atoms. The van der Waals surface area contributed by atoms with Gasteiger partial charge in [-0.3, -0.25) is 4.79 Å². The Hall–Kier alpha value is -2.95. The van der Waals surface area contributed by atoms with Crippen molar-refractivity contribution in [1.29, 1.82) is 0 Å². The highest BCUT2D eigenvalue weighted by atomic mass is 16.7. The Labute approximate surface area is 134 Å². The second kappa shape index (κ2) is 6.44. The topological polar surface area (TPSA) is 67.8 Å². The van der Waals surface area contributed by atoms with Gasteiger partial charge in [-0.2, -0.15) is 0 Å². The molecule has 0 aliphatic carbocycles. The van der Waals surface area contributed by atoms with E-state index in [1.54, 1.807) is 18.2 Å². The summed E-state index contributed by atoms with van der Waals surface area (Å²) in [5.74, 6) is 1.55. The van der Waals surface area contributed by atoms with Crippen LogP contribution in [0.5, 0.6) is 17.2 Å². The first kappa shape index (κ1) is 15.0. The lowest BCUT2D eigenvalue weighted by molar-refractivity contribution is -0.114. The largest absolute Gasteiger partial charge is 0.508 e. The molecule has 118 valence electrons. The number of amides is 1. The molecule has 1 aliphatic rings. The summed E-state index contributed by atoms with van der Waals surface area (Å²) in [5.41, 5.74) is 2.40. The maximum absolute atomic E-state index is 11.1. The minimum absolute atomic E-state index is 0.141. The molecule has 0 aromatic heterocycles. The third-order valence-corrected chi connectivity index (χ3v) is 3.44. The highest BCUT2D eigenvalue weighted by Crippen LogP contribution is 2.33. The first-order valence-corrected chi connectivity index (χ1v) is 7.27. The van der Waals surface area contributed by atoms with Crippen LogP contribution < -0.4 is 14.8 Å². The summed E-state index contributed by atoms with van der Waals surface area (Å²) < 4.78 is 10.6. The number of fused-ring (bicyclic) bond motifs is 1. The third-order valence-electron chi connectivity index (χ3n) is 3.44. The predicted octanol–water partition coefficient (Wildman–Crippen LogP) is 3.34. The Kier molecular flexibility index (Phi) is 4.19. The highest BCUT2D eigenvalue weighted by molar-refractivity contribution is 5.88. The van der Waals surface area contributed by atoms with Crippen molar-refractivity contribution >= 4 is 17.7 Å². The molecule has 5 heteroatoms. The van der Waals surface area contributed by atoms with Gasteiger partial charge in [0.2, 0.25) is 12.7 Å².